The number of piperidine rings is 2. The summed E-state index contributed by atoms with van der Waals surface area (Å²) in [5.41, 5.74) is 9.10. The van der Waals surface area contributed by atoms with Crippen LogP contribution in [0.5, 0.6) is 0 Å². The molecule has 0 spiro atoms. The second kappa shape index (κ2) is 9.78. The van der Waals surface area contributed by atoms with E-state index in [1.54, 1.807) is 5.01 Å². The third kappa shape index (κ3) is 4.57. The van der Waals surface area contributed by atoms with Gasteiger partial charge in [0.15, 0.2) is 0 Å². The number of rotatable bonds is 5. The summed E-state index contributed by atoms with van der Waals surface area (Å²) in [5, 5.41) is 10.2. The van der Waals surface area contributed by atoms with E-state index in [1.165, 1.54) is 4.31 Å². The lowest BCUT2D eigenvalue weighted by Gasteiger charge is -2.46. The van der Waals surface area contributed by atoms with E-state index in [-0.39, 0.29) is 39.0 Å². The largest absolute Gasteiger partial charge is 0.350 e. The predicted octanol–water partition coefficient (Wildman–Crippen LogP) is -3.19. The standard InChI is InChI=1S/C19H34F2N8O4S/c20-11-5-24-18-15(17(22)26-29(18)8-11)19(30)25-14-7-23-6-13(21)16(14)27-3-1-12(2-4-27)34(31,32)28-9-33-10-28/h11-18,23-24,26H,1-10,22H2,(H,25,30). The van der Waals surface area contributed by atoms with Gasteiger partial charge in [0.2, 0.25) is 15.9 Å². The molecule has 5 fully saturated rings. The Hall–Kier alpha value is -1.04. The van der Waals surface area contributed by atoms with Crippen LogP contribution in [0.3, 0.4) is 0 Å². The molecule has 5 rings (SSSR count). The number of hydrogen-bond acceptors (Lipinski definition) is 10. The number of nitrogens with one attached hydrogen (secondary N) is 4. The molecule has 7 unspecified atom stereocenters. The van der Waals surface area contributed by atoms with Crippen LogP contribution in [0.15, 0.2) is 0 Å². The molecule has 0 bridgehead atoms. The zero-order chi connectivity index (χ0) is 24.0. The van der Waals surface area contributed by atoms with E-state index in [4.69, 9.17) is 10.5 Å². The molecular formula is C19H34F2N8O4S. The van der Waals surface area contributed by atoms with Crippen LogP contribution in [0.25, 0.3) is 0 Å². The summed E-state index contributed by atoms with van der Waals surface area (Å²) in [4.78, 5) is 15.2. The molecule has 5 heterocycles. The topological polar surface area (TPSA) is 144 Å². The summed E-state index contributed by atoms with van der Waals surface area (Å²) < 4.78 is 60.5. The third-order valence-electron chi connectivity index (χ3n) is 7.59. The molecule has 0 radical (unpaired) electrons. The van der Waals surface area contributed by atoms with Gasteiger partial charge < -0.3 is 21.1 Å². The Morgan fingerprint density at radius 1 is 1.12 bits per heavy atom. The summed E-state index contributed by atoms with van der Waals surface area (Å²) in [6.45, 7) is 1.87. The van der Waals surface area contributed by atoms with Gasteiger partial charge in [0, 0.05) is 26.2 Å². The fourth-order valence-corrected chi connectivity index (χ4v) is 7.41. The molecule has 7 atom stereocenters. The van der Waals surface area contributed by atoms with E-state index >= 15 is 4.39 Å². The van der Waals surface area contributed by atoms with Crippen LogP contribution in [0.1, 0.15) is 12.8 Å². The Labute approximate surface area is 197 Å². The van der Waals surface area contributed by atoms with E-state index in [0.29, 0.717) is 32.5 Å². The fraction of sp³-hybridized carbons (Fsp3) is 0.947. The number of halogens is 2. The van der Waals surface area contributed by atoms with Gasteiger partial charge in [-0.2, -0.15) is 4.31 Å². The van der Waals surface area contributed by atoms with Gasteiger partial charge >= 0.3 is 0 Å². The highest BCUT2D eigenvalue weighted by Gasteiger charge is 2.49. The number of fused-ring (bicyclic) bond motifs is 1. The van der Waals surface area contributed by atoms with Crippen molar-refractivity contribution in [3.63, 3.8) is 0 Å². The van der Waals surface area contributed by atoms with Gasteiger partial charge in [-0.25, -0.2) is 27.6 Å². The lowest BCUT2D eigenvalue weighted by molar-refractivity contribution is -0.128. The Morgan fingerprint density at radius 3 is 2.53 bits per heavy atom. The average molecular weight is 509 g/mol. The number of alkyl halides is 2. The van der Waals surface area contributed by atoms with Crippen molar-refractivity contribution in [1.29, 1.82) is 0 Å². The molecule has 15 heteroatoms. The number of amides is 1. The number of ether oxygens (including phenoxy) is 1. The van der Waals surface area contributed by atoms with Crippen molar-refractivity contribution in [3.8, 4) is 0 Å². The first-order chi connectivity index (χ1) is 16.3. The number of hydrazine groups is 1. The smallest absolute Gasteiger partial charge is 0.229 e. The molecule has 34 heavy (non-hydrogen) atoms. The molecule has 0 aromatic carbocycles. The number of sulfonamides is 1. The van der Waals surface area contributed by atoms with Crippen molar-refractivity contribution in [2.24, 2.45) is 11.7 Å². The highest BCUT2D eigenvalue weighted by Crippen LogP contribution is 2.28. The van der Waals surface area contributed by atoms with E-state index in [9.17, 15) is 17.6 Å². The normalized spacial score (nSPS) is 41.1. The van der Waals surface area contributed by atoms with Crippen LogP contribution >= 0.6 is 0 Å². The first kappa shape index (κ1) is 24.6. The third-order valence-corrected chi connectivity index (χ3v) is 9.83. The lowest BCUT2D eigenvalue weighted by atomic mass is 9.93. The van der Waals surface area contributed by atoms with E-state index < -0.39 is 57.9 Å². The number of nitrogens with two attached hydrogens (primary N) is 1. The van der Waals surface area contributed by atoms with Gasteiger partial charge in [0.1, 0.15) is 25.8 Å². The molecule has 0 saturated carbocycles. The molecule has 194 valence electrons. The summed E-state index contributed by atoms with van der Waals surface area (Å²) in [5.74, 6) is -0.985. The zero-order valence-corrected chi connectivity index (χ0v) is 19.7. The second-order valence-corrected chi connectivity index (χ2v) is 12.0. The van der Waals surface area contributed by atoms with E-state index in [2.05, 4.69) is 21.4 Å². The van der Waals surface area contributed by atoms with E-state index in [0.717, 1.165) is 0 Å². The summed E-state index contributed by atoms with van der Waals surface area (Å²) in [7, 11) is -3.41. The minimum Gasteiger partial charge on any atom is -0.350 e. The van der Waals surface area contributed by atoms with Gasteiger partial charge in [-0.1, -0.05) is 0 Å². The van der Waals surface area contributed by atoms with Crippen molar-refractivity contribution < 1.29 is 26.7 Å². The quantitative estimate of drug-likeness (QED) is 0.258. The summed E-state index contributed by atoms with van der Waals surface area (Å²) in [6.07, 6.45) is -2.60. The maximum absolute atomic E-state index is 15.1. The fourth-order valence-electron chi connectivity index (χ4n) is 5.74. The monoisotopic (exact) mass is 508 g/mol. The number of carbonyl (C=O) groups is 1. The molecule has 0 aromatic heterocycles. The molecule has 5 aliphatic rings. The van der Waals surface area contributed by atoms with Gasteiger partial charge in [-0.3, -0.25) is 15.0 Å². The first-order valence-corrected chi connectivity index (χ1v) is 13.4. The van der Waals surface area contributed by atoms with Gasteiger partial charge in [0.05, 0.1) is 35.6 Å². The van der Waals surface area contributed by atoms with Crippen molar-refractivity contribution >= 4 is 15.9 Å². The minimum absolute atomic E-state index is 0.0922. The highest BCUT2D eigenvalue weighted by atomic mass is 32.2. The maximum atomic E-state index is 15.1. The Kier molecular flexibility index (Phi) is 7.09. The average Bonchev–Trinajstić information content (AvgIpc) is 3.07. The van der Waals surface area contributed by atoms with Gasteiger partial charge in [0.25, 0.3) is 0 Å². The first-order valence-electron chi connectivity index (χ1n) is 11.9. The zero-order valence-electron chi connectivity index (χ0n) is 18.9. The van der Waals surface area contributed by atoms with Gasteiger partial charge in [-0.15, -0.1) is 0 Å². The van der Waals surface area contributed by atoms with Crippen molar-refractivity contribution in [1.82, 2.24) is 35.6 Å². The Balaban J connectivity index is 1.23. The SMILES string of the molecule is NC1NN2CC(F)CNC2C1C(=O)NC1CNCC(F)C1N1CCC(S(=O)(=O)N2COC2)CC1. The predicted molar refractivity (Wildman–Crippen MR) is 118 cm³/mol. The van der Waals surface area contributed by atoms with Crippen molar-refractivity contribution in [2.45, 2.75) is 54.9 Å². The van der Waals surface area contributed by atoms with Crippen LogP contribution in [0.2, 0.25) is 0 Å². The highest BCUT2D eigenvalue weighted by molar-refractivity contribution is 7.89. The van der Waals surface area contributed by atoms with Crippen LogP contribution < -0.4 is 27.1 Å². The van der Waals surface area contributed by atoms with Crippen molar-refractivity contribution in [3.05, 3.63) is 0 Å². The van der Waals surface area contributed by atoms with Gasteiger partial charge in [-0.05, 0) is 25.9 Å². The molecule has 0 aromatic rings. The van der Waals surface area contributed by atoms with Crippen LogP contribution in [0, 0.1) is 5.92 Å². The summed E-state index contributed by atoms with van der Waals surface area (Å²) in [6, 6.07) is -1.08. The van der Waals surface area contributed by atoms with Crippen LogP contribution in [0.4, 0.5) is 8.78 Å². The number of hydrogen-bond donors (Lipinski definition) is 5. The molecule has 1 amide bonds. The minimum atomic E-state index is -3.41. The molecular weight excluding hydrogens is 474 g/mol. The Bertz CT molecular complexity index is 859. The molecule has 5 saturated heterocycles. The van der Waals surface area contributed by atoms with Crippen LogP contribution in [-0.2, 0) is 19.6 Å². The molecule has 5 aliphatic heterocycles. The van der Waals surface area contributed by atoms with Crippen LogP contribution in [-0.4, -0.2) is 123 Å². The molecule has 6 N–H and O–H groups in total. The summed E-state index contributed by atoms with van der Waals surface area (Å²) >= 11 is 0. The lowest BCUT2D eigenvalue weighted by Crippen LogP contribution is -2.67. The maximum Gasteiger partial charge on any atom is 0.229 e. The number of nitrogens with zero attached hydrogens (tertiary/aromatic N) is 3. The van der Waals surface area contributed by atoms with E-state index in [1.807, 2.05) is 4.90 Å². The number of likely N-dealkylation sites (tertiary alicyclic amines) is 1. The number of carbonyl (C=O) groups excluding carboxylic acids is 1. The van der Waals surface area contributed by atoms with Crippen molar-refractivity contribution in [2.75, 3.05) is 52.7 Å². The molecule has 0 aliphatic carbocycles. The second-order valence-electron chi connectivity index (χ2n) is 9.76. The molecule has 12 nitrogen and oxygen atoms in total. The Morgan fingerprint density at radius 2 is 1.85 bits per heavy atom.